The van der Waals surface area contributed by atoms with Gasteiger partial charge in [0.15, 0.2) is 0 Å². The summed E-state index contributed by atoms with van der Waals surface area (Å²) in [6.45, 7) is 4.12. The highest BCUT2D eigenvalue weighted by Crippen LogP contribution is 2.17. The minimum Gasteiger partial charge on any atom is -0.487 e. The lowest BCUT2D eigenvalue weighted by molar-refractivity contribution is 0.0946. The fourth-order valence-electron chi connectivity index (χ4n) is 3.15. The molecule has 0 atom stereocenters. The summed E-state index contributed by atoms with van der Waals surface area (Å²) in [7, 11) is 0. The maximum absolute atomic E-state index is 12.4. The smallest absolute Gasteiger partial charge is 0.272 e. The number of carbonyl (C=O) groups excluding carboxylic acids is 1. The van der Waals surface area contributed by atoms with Gasteiger partial charge in [0.1, 0.15) is 18.1 Å². The van der Waals surface area contributed by atoms with E-state index >= 15 is 0 Å². The molecule has 7 nitrogen and oxygen atoms in total. The van der Waals surface area contributed by atoms with E-state index in [0.717, 1.165) is 43.3 Å². The van der Waals surface area contributed by atoms with E-state index in [1.807, 2.05) is 42.5 Å². The van der Waals surface area contributed by atoms with Crippen LogP contribution in [0.2, 0.25) is 0 Å². The molecule has 0 radical (unpaired) electrons. The molecule has 1 amide bonds. The Morgan fingerprint density at radius 3 is 2.62 bits per heavy atom. The van der Waals surface area contributed by atoms with Crippen molar-refractivity contribution in [3.05, 3.63) is 77.6 Å². The van der Waals surface area contributed by atoms with Crippen LogP contribution in [0.5, 0.6) is 5.75 Å². The third kappa shape index (κ3) is 5.14. The minimum absolute atomic E-state index is 0.218. The Morgan fingerprint density at radius 1 is 1.10 bits per heavy atom. The van der Waals surface area contributed by atoms with Crippen LogP contribution in [0.4, 0.5) is 5.69 Å². The standard InChI is InChI=1S/C22H24N4O3/c27-22(21-14-18(24-25-21)16-29-20-4-2-1-3-5-20)23-15-17-6-8-19(9-7-17)26-10-12-28-13-11-26/h1-9,14H,10-13,15-16H2,(H,23,27)(H,24,25). The molecule has 0 bridgehead atoms. The topological polar surface area (TPSA) is 79.5 Å². The van der Waals surface area contributed by atoms with Crippen molar-refractivity contribution in [2.45, 2.75) is 13.2 Å². The fourth-order valence-corrected chi connectivity index (χ4v) is 3.15. The minimum atomic E-state index is -0.218. The average molecular weight is 392 g/mol. The summed E-state index contributed by atoms with van der Waals surface area (Å²) < 4.78 is 11.0. The van der Waals surface area contributed by atoms with E-state index < -0.39 is 0 Å². The molecule has 1 fully saturated rings. The van der Waals surface area contributed by atoms with Crippen molar-refractivity contribution in [1.82, 2.24) is 15.5 Å². The normalized spacial score (nSPS) is 13.9. The van der Waals surface area contributed by atoms with Gasteiger partial charge in [-0.15, -0.1) is 0 Å². The summed E-state index contributed by atoms with van der Waals surface area (Å²) in [4.78, 5) is 14.7. The summed E-state index contributed by atoms with van der Waals surface area (Å²) in [6, 6.07) is 19.5. The van der Waals surface area contributed by atoms with Crippen LogP contribution in [0, 0.1) is 0 Å². The van der Waals surface area contributed by atoms with Crippen molar-refractivity contribution < 1.29 is 14.3 Å². The monoisotopic (exact) mass is 392 g/mol. The summed E-state index contributed by atoms with van der Waals surface area (Å²) in [5.41, 5.74) is 3.31. The van der Waals surface area contributed by atoms with Crippen LogP contribution in [-0.2, 0) is 17.9 Å². The molecule has 1 aliphatic heterocycles. The van der Waals surface area contributed by atoms with Crippen LogP contribution in [0.1, 0.15) is 21.7 Å². The zero-order chi connectivity index (χ0) is 19.9. The van der Waals surface area contributed by atoms with E-state index in [4.69, 9.17) is 9.47 Å². The van der Waals surface area contributed by atoms with Gasteiger partial charge < -0.3 is 19.7 Å². The first-order chi connectivity index (χ1) is 14.3. The number of H-pyrrole nitrogens is 1. The molecule has 4 rings (SSSR count). The Bertz CT molecular complexity index is 919. The van der Waals surface area contributed by atoms with Gasteiger partial charge in [-0.2, -0.15) is 5.10 Å². The number of rotatable bonds is 7. The summed E-state index contributed by atoms with van der Waals surface area (Å²) in [6.07, 6.45) is 0. The zero-order valence-corrected chi connectivity index (χ0v) is 16.1. The molecule has 2 aromatic carbocycles. The molecule has 0 unspecified atom stereocenters. The highest BCUT2D eigenvalue weighted by molar-refractivity contribution is 5.92. The Hall–Kier alpha value is -3.32. The highest BCUT2D eigenvalue weighted by atomic mass is 16.5. The molecule has 2 heterocycles. The molecule has 0 aliphatic carbocycles. The predicted octanol–water partition coefficient (Wildman–Crippen LogP) is 2.76. The number of benzene rings is 2. The van der Waals surface area contributed by atoms with Gasteiger partial charge in [-0.05, 0) is 35.9 Å². The van der Waals surface area contributed by atoms with Gasteiger partial charge >= 0.3 is 0 Å². The van der Waals surface area contributed by atoms with Crippen LogP contribution in [0.15, 0.2) is 60.7 Å². The molecule has 1 aliphatic rings. The number of morpholine rings is 1. The Balaban J connectivity index is 1.26. The van der Waals surface area contributed by atoms with E-state index in [-0.39, 0.29) is 5.91 Å². The summed E-state index contributed by atoms with van der Waals surface area (Å²) in [5, 5.41) is 9.83. The quantitative estimate of drug-likeness (QED) is 0.646. The number of aromatic nitrogens is 2. The number of nitrogens with one attached hydrogen (secondary N) is 2. The molecular weight excluding hydrogens is 368 g/mol. The fraction of sp³-hybridized carbons (Fsp3) is 0.273. The first-order valence-corrected chi connectivity index (χ1v) is 9.70. The van der Waals surface area contributed by atoms with Gasteiger partial charge in [0, 0.05) is 25.3 Å². The molecule has 1 saturated heterocycles. The molecule has 2 N–H and O–H groups in total. The molecule has 0 saturated carbocycles. The number of hydrogen-bond donors (Lipinski definition) is 2. The summed E-state index contributed by atoms with van der Waals surface area (Å²) >= 11 is 0. The Kier molecular flexibility index (Phi) is 6.07. The predicted molar refractivity (Wildman–Crippen MR) is 110 cm³/mol. The third-order valence-electron chi connectivity index (χ3n) is 4.77. The molecule has 29 heavy (non-hydrogen) atoms. The van der Waals surface area contributed by atoms with Crippen LogP contribution in [0.3, 0.4) is 0 Å². The number of aromatic amines is 1. The molecular formula is C22H24N4O3. The summed E-state index contributed by atoms with van der Waals surface area (Å²) in [5.74, 6) is 0.554. The van der Waals surface area contributed by atoms with Gasteiger partial charge in [-0.25, -0.2) is 0 Å². The van der Waals surface area contributed by atoms with Crippen molar-refractivity contribution in [1.29, 1.82) is 0 Å². The molecule has 3 aromatic rings. The zero-order valence-electron chi connectivity index (χ0n) is 16.1. The maximum Gasteiger partial charge on any atom is 0.272 e. The van der Waals surface area contributed by atoms with E-state index in [2.05, 4.69) is 32.5 Å². The van der Waals surface area contributed by atoms with Gasteiger partial charge in [-0.3, -0.25) is 9.89 Å². The van der Waals surface area contributed by atoms with Crippen molar-refractivity contribution >= 4 is 11.6 Å². The van der Waals surface area contributed by atoms with Crippen LogP contribution < -0.4 is 15.0 Å². The molecule has 150 valence electrons. The number of para-hydroxylation sites is 1. The Labute approximate surface area is 169 Å². The van der Waals surface area contributed by atoms with E-state index in [0.29, 0.717) is 18.8 Å². The second-order valence-corrected chi connectivity index (χ2v) is 6.83. The Morgan fingerprint density at radius 2 is 1.86 bits per heavy atom. The number of anilines is 1. The highest BCUT2D eigenvalue weighted by Gasteiger charge is 2.12. The van der Waals surface area contributed by atoms with Crippen molar-refractivity contribution in [2.24, 2.45) is 0 Å². The van der Waals surface area contributed by atoms with E-state index in [1.54, 1.807) is 6.07 Å². The lowest BCUT2D eigenvalue weighted by Gasteiger charge is -2.28. The number of amides is 1. The van der Waals surface area contributed by atoms with Gasteiger partial charge in [0.2, 0.25) is 0 Å². The SMILES string of the molecule is O=C(NCc1ccc(N2CCOCC2)cc1)c1cc(COc2ccccc2)[nH]n1. The lowest BCUT2D eigenvalue weighted by Crippen LogP contribution is -2.36. The molecule has 7 heteroatoms. The maximum atomic E-state index is 12.4. The lowest BCUT2D eigenvalue weighted by atomic mass is 10.2. The second kappa shape index (κ2) is 9.25. The van der Waals surface area contributed by atoms with Gasteiger partial charge in [-0.1, -0.05) is 30.3 Å². The first-order valence-electron chi connectivity index (χ1n) is 9.70. The molecule has 0 spiro atoms. The van der Waals surface area contributed by atoms with Gasteiger partial charge in [0.05, 0.1) is 18.9 Å². The number of ether oxygens (including phenoxy) is 2. The number of carbonyl (C=O) groups is 1. The van der Waals surface area contributed by atoms with Crippen molar-refractivity contribution in [3.63, 3.8) is 0 Å². The van der Waals surface area contributed by atoms with Crippen LogP contribution >= 0.6 is 0 Å². The van der Waals surface area contributed by atoms with Crippen LogP contribution in [-0.4, -0.2) is 42.4 Å². The van der Waals surface area contributed by atoms with E-state index in [1.165, 1.54) is 5.69 Å². The first kappa shape index (κ1) is 19.0. The third-order valence-corrected chi connectivity index (χ3v) is 4.77. The van der Waals surface area contributed by atoms with E-state index in [9.17, 15) is 4.79 Å². The molecule has 1 aromatic heterocycles. The van der Waals surface area contributed by atoms with Crippen molar-refractivity contribution in [2.75, 3.05) is 31.2 Å². The van der Waals surface area contributed by atoms with Crippen LogP contribution in [0.25, 0.3) is 0 Å². The number of hydrogen-bond acceptors (Lipinski definition) is 5. The number of nitrogens with zero attached hydrogens (tertiary/aromatic N) is 2. The largest absolute Gasteiger partial charge is 0.487 e. The van der Waals surface area contributed by atoms with Gasteiger partial charge in [0.25, 0.3) is 5.91 Å². The second-order valence-electron chi connectivity index (χ2n) is 6.83. The average Bonchev–Trinajstić information content (AvgIpc) is 3.27. The van der Waals surface area contributed by atoms with Crippen molar-refractivity contribution in [3.8, 4) is 5.75 Å².